The number of aliphatic hydroxyl groups is 3. The minimum absolute atomic E-state index is 0.0272. The summed E-state index contributed by atoms with van der Waals surface area (Å²) in [6.45, 7) is 16.1. The van der Waals surface area contributed by atoms with Crippen LogP contribution in [-0.4, -0.2) is 117 Å². The van der Waals surface area contributed by atoms with Gasteiger partial charge in [-0.2, -0.15) is 0 Å². The molecule has 330 valence electrons. The van der Waals surface area contributed by atoms with Gasteiger partial charge in [-0.1, -0.05) is 43.2 Å². The highest BCUT2D eigenvalue weighted by Crippen LogP contribution is 2.64. The fourth-order valence-electron chi connectivity index (χ4n) is 9.43. The molecule has 5 rings (SSSR count). The van der Waals surface area contributed by atoms with Gasteiger partial charge in [0.2, 0.25) is 0 Å². The number of amides is 1. The Bertz CT molecular complexity index is 2000. The van der Waals surface area contributed by atoms with E-state index < -0.39 is 118 Å². The maximum Gasteiger partial charge on any atom is 0.408 e. The van der Waals surface area contributed by atoms with Crippen molar-refractivity contribution in [1.82, 2.24) is 5.32 Å². The molecule has 0 radical (unpaired) electrons. The third-order valence-electron chi connectivity index (χ3n) is 12.3. The molecule has 1 aromatic rings. The maximum absolute atomic E-state index is 15.4. The van der Waals surface area contributed by atoms with E-state index in [1.807, 2.05) is 0 Å². The van der Waals surface area contributed by atoms with Crippen LogP contribution in [0.2, 0.25) is 5.02 Å². The lowest BCUT2D eigenvalue weighted by Crippen LogP contribution is -2.82. The quantitative estimate of drug-likeness (QED) is 0.156. The van der Waals surface area contributed by atoms with E-state index in [2.05, 4.69) is 5.32 Å². The van der Waals surface area contributed by atoms with Gasteiger partial charge in [-0.05, 0) is 77.8 Å². The van der Waals surface area contributed by atoms with E-state index in [0.29, 0.717) is 5.57 Å². The number of benzene rings is 1. The van der Waals surface area contributed by atoms with E-state index in [1.54, 1.807) is 34.6 Å². The van der Waals surface area contributed by atoms with Gasteiger partial charge in [-0.3, -0.25) is 14.4 Å². The summed E-state index contributed by atoms with van der Waals surface area (Å²) in [5.74, 6) is -6.45. The normalized spacial score (nSPS) is 32.8. The van der Waals surface area contributed by atoms with Gasteiger partial charge in [0.1, 0.15) is 29.5 Å². The van der Waals surface area contributed by atoms with Crippen molar-refractivity contribution in [3.8, 4) is 0 Å². The van der Waals surface area contributed by atoms with Crippen molar-refractivity contribution in [2.45, 2.75) is 148 Å². The Morgan fingerprint density at radius 1 is 1.02 bits per heavy atom. The van der Waals surface area contributed by atoms with Crippen LogP contribution < -0.4 is 5.32 Å². The summed E-state index contributed by atoms with van der Waals surface area (Å²) >= 11 is 6.25. The van der Waals surface area contributed by atoms with Crippen LogP contribution in [0.3, 0.4) is 0 Å². The van der Waals surface area contributed by atoms with Crippen molar-refractivity contribution in [1.29, 1.82) is 0 Å². The van der Waals surface area contributed by atoms with E-state index in [1.165, 1.54) is 58.0 Å². The number of esters is 4. The average molecular weight is 862 g/mol. The minimum atomic E-state index is -2.42. The topological polar surface area (TPSA) is 231 Å². The standard InChI is InChI=1S/C43H56ClNO15/c1-20(2)15-26(45-38(53)60-39(6,7)8)31(49)37(52)57-27-18-43(54)35(58-36(51)24-13-12-14-25(44)16-24)33-41(11,28(48)17-29-42(33,19-55-29)59-23(5)47)34(50)32(56-22(4)46)30(21(27)3)40(43,9)10/h12-16,26-29,31-33,35,48-49,54H,17-19H2,1-11H3,(H,45,53)/t26-,27-,28-,29+,31+,32+,33-,35-,41+,42-,43+/m0/s1. The molecule has 3 fully saturated rings. The molecule has 4 aliphatic rings. The molecule has 1 aromatic carbocycles. The second-order valence-corrected chi connectivity index (χ2v) is 18.6. The fourth-order valence-corrected chi connectivity index (χ4v) is 9.62. The molecule has 17 heteroatoms. The smallest absolute Gasteiger partial charge is 0.408 e. The second kappa shape index (κ2) is 16.5. The van der Waals surface area contributed by atoms with Crippen LogP contribution in [0, 0.1) is 16.7 Å². The van der Waals surface area contributed by atoms with Crippen LogP contribution in [0.5, 0.6) is 0 Å². The molecular formula is C43H56ClNO15. The zero-order valence-electron chi connectivity index (χ0n) is 35.7. The summed E-state index contributed by atoms with van der Waals surface area (Å²) in [6, 6.07) is 4.41. The Morgan fingerprint density at radius 3 is 2.20 bits per heavy atom. The van der Waals surface area contributed by atoms with Gasteiger partial charge in [0.05, 0.1) is 35.6 Å². The Labute approximate surface area is 353 Å². The number of halogens is 1. The molecule has 60 heavy (non-hydrogen) atoms. The molecule has 1 saturated heterocycles. The number of fused-ring (bicyclic) bond motifs is 5. The lowest BCUT2D eigenvalue weighted by atomic mass is 9.44. The number of Topliss-reactive ketones (excluding diaryl/α,β-unsaturated/α-hetero) is 1. The number of ether oxygens (including phenoxy) is 6. The monoisotopic (exact) mass is 861 g/mol. The van der Waals surface area contributed by atoms with Crippen molar-refractivity contribution in [2.24, 2.45) is 16.7 Å². The van der Waals surface area contributed by atoms with Crippen LogP contribution in [-0.2, 0) is 47.6 Å². The molecule has 1 amide bonds. The Balaban J connectivity index is 1.74. The van der Waals surface area contributed by atoms with Crippen molar-refractivity contribution < 1.29 is 72.5 Å². The highest BCUT2D eigenvalue weighted by molar-refractivity contribution is 6.30. The van der Waals surface area contributed by atoms with Crippen LogP contribution in [0.4, 0.5) is 4.79 Å². The zero-order valence-corrected chi connectivity index (χ0v) is 36.5. The number of nitrogens with one attached hydrogen (secondary N) is 1. The van der Waals surface area contributed by atoms with Crippen LogP contribution in [0.1, 0.15) is 99.4 Å². The number of ketones is 1. The fraction of sp³-hybridized carbons (Fsp3) is 0.628. The predicted molar refractivity (Wildman–Crippen MR) is 212 cm³/mol. The Kier molecular flexibility index (Phi) is 12.8. The number of aliphatic hydroxyl groups excluding tert-OH is 2. The predicted octanol–water partition coefficient (Wildman–Crippen LogP) is 4.08. The summed E-state index contributed by atoms with van der Waals surface area (Å²) < 4.78 is 35.4. The third-order valence-corrected chi connectivity index (χ3v) is 12.5. The number of carbonyl (C=O) groups is 6. The molecule has 0 unspecified atom stereocenters. The highest BCUT2D eigenvalue weighted by Gasteiger charge is 2.78. The summed E-state index contributed by atoms with van der Waals surface area (Å²) in [5, 5.41) is 39.7. The van der Waals surface area contributed by atoms with E-state index in [-0.39, 0.29) is 34.8 Å². The van der Waals surface area contributed by atoms with Crippen LogP contribution in [0.15, 0.2) is 47.1 Å². The first-order valence-electron chi connectivity index (χ1n) is 19.7. The van der Waals surface area contributed by atoms with Crippen molar-refractivity contribution >= 4 is 47.4 Å². The van der Waals surface area contributed by atoms with Gasteiger partial charge >= 0.3 is 30.0 Å². The van der Waals surface area contributed by atoms with Gasteiger partial charge in [-0.15, -0.1) is 0 Å². The first-order valence-corrected chi connectivity index (χ1v) is 20.1. The van der Waals surface area contributed by atoms with Gasteiger partial charge in [0, 0.05) is 37.1 Å². The number of hydrogen-bond donors (Lipinski definition) is 4. The van der Waals surface area contributed by atoms with E-state index in [4.69, 9.17) is 40.0 Å². The highest BCUT2D eigenvalue weighted by atomic mass is 35.5. The van der Waals surface area contributed by atoms with Gasteiger partial charge in [-0.25, -0.2) is 14.4 Å². The lowest BCUT2D eigenvalue weighted by Gasteiger charge is -2.67. The number of carbonyl (C=O) groups excluding carboxylic acids is 6. The second-order valence-electron chi connectivity index (χ2n) is 18.2. The first kappa shape index (κ1) is 46.7. The van der Waals surface area contributed by atoms with Crippen molar-refractivity contribution in [3.05, 3.63) is 57.6 Å². The average Bonchev–Trinajstić information content (AvgIpc) is 3.10. The van der Waals surface area contributed by atoms with Gasteiger partial charge in [0.15, 0.2) is 23.6 Å². The molecule has 1 heterocycles. The molecule has 0 spiro atoms. The molecule has 1 aliphatic heterocycles. The minimum Gasteiger partial charge on any atom is -0.456 e. The van der Waals surface area contributed by atoms with Crippen LogP contribution in [0.25, 0.3) is 0 Å². The lowest BCUT2D eigenvalue weighted by molar-refractivity contribution is -0.346. The maximum atomic E-state index is 15.4. The van der Waals surface area contributed by atoms with Gasteiger partial charge < -0.3 is 49.1 Å². The molecule has 4 N–H and O–H groups in total. The molecule has 0 aromatic heterocycles. The zero-order chi connectivity index (χ0) is 45.1. The third kappa shape index (κ3) is 8.33. The van der Waals surface area contributed by atoms with Gasteiger partial charge in [0.25, 0.3) is 0 Å². The number of rotatable bonds is 9. The molecule has 2 saturated carbocycles. The van der Waals surface area contributed by atoms with E-state index in [0.717, 1.165) is 13.8 Å². The summed E-state index contributed by atoms with van der Waals surface area (Å²) in [7, 11) is 0. The molecule has 11 atom stereocenters. The summed E-state index contributed by atoms with van der Waals surface area (Å²) in [6.07, 6.45) is -10.2. The molecule has 3 aliphatic carbocycles. The SMILES string of the molecule is CC(=O)O[C@H]1C(=O)[C@@]2(C)[C@H]([C@H](OC(=O)c3cccc(Cl)c3)[C@]3(O)C[C@H](OC(=O)[C@H](O)[C@H](C=C(C)C)NC(=O)OC(C)(C)C)C(C)=C1C3(C)C)[C@]1(OC(C)=O)CO[C@@H]1C[C@@H]2O. The number of hydrogen-bond acceptors (Lipinski definition) is 15. The van der Waals surface area contributed by atoms with E-state index >= 15 is 4.79 Å². The molecule has 2 bridgehead atoms. The summed E-state index contributed by atoms with van der Waals surface area (Å²) in [5.41, 5.74) is -8.21. The Morgan fingerprint density at radius 2 is 1.67 bits per heavy atom. The largest absolute Gasteiger partial charge is 0.456 e. The Hall–Kier alpha value is -4.35. The van der Waals surface area contributed by atoms with E-state index in [9.17, 15) is 39.3 Å². The molecule has 16 nitrogen and oxygen atoms in total. The first-order chi connectivity index (χ1) is 27.6. The molecular weight excluding hydrogens is 806 g/mol. The van der Waals surface area contributed by atoms with Crippen LogP contribution >= 0.6 is 11.6 Å². The summed E-state index contributed by atoms with van der Waals surface area (Å²) in [4.78, 5) is 82.4. The number of allylic oxidation sites excluding steroid dienone is 1. The van der Waals surface area contributed by atoms with Crippen molar-refractivity contribution in [3.63, 3.8) is 0 Å². The van der Waals surface area contributed by atoms with Crippen molar-refractivity contribution in [2.75, 3.05) is 6.61 Å². The number of alkyl carbamates (subject to hydrolysis) is 1.